The van der Waals surface area contributed by atoms with E-state index in [-0.39, 0.29) is 92.2 Å². The molecular formula is H5ClKMgNO2. The summed E-state index contributed by atoms with van der Waals surface area (Å²) in [4.78, 5) is 8.12. The Labute approximate surface area is 100 Å². The Morgan fingerprint density at radius 1 is 1.50 bits per heavy atom. The van der Waals surface area contributed by atoms with Crippen LogP contribution in [0.25, 0.3) is 0 Å². The van der Waals surface area contributed by atoms with Crippen LogP contribution in [0.5, 0.6) is 0 Å². The average molecular weight is 150 g/mol. The van der Waals surface area contributed by atoms with Crippen LogP contribution >= 0.6 is 12.4 Å². The molecule has 0 aromatic heterocycles. The average Bonchev–Trinajstić information content (AvgIpc) is 0.918. The second-order valence-corrected chi connectivity index (χ2v) is 0.0833. The van der Waals surface area contributed by atoms with Gasteiger partial charge in [-0.1, -0.05) is 0 Å². The number of rotatable bonds is 0. The van der Waals surface area contributed by atoms with Crippen molar-refractivity contribution in [3.63, 3.8) is 0 Å². The number of hydrogen-bond donors (Lipinski definition) is 1. The molecule has 0 aliphatic heterocycles. The van der Waals surface area contributed by atoms with Gasteiger partial charge in [0.1, 0.15) is 0 Å². The minimum Gasteiger partial charge on any atom is 0.316 e. The van der Waals surface area contributed by atoms with E-state index in [1.54, 1.807) is 0 Å². The molecule has 0 saturated heterocycles. The molecule has 0 unspecified atom stereocenters. The molecule has 0 amide bonds. The van der Waals surface area contributed by atoms with Gasteiger partial charge in [0.05, 0.1) is 0 Å². The number of nitrogens with one attached hydrogen (secondary N) is 1. The first-order valence-corrected chi connectivity index (χ1v) is 0.408. The predicted molar refractivity (Wildman–Crippen MR) is 30.6 cm³/mol. The van der Waals surface area contributed by atoms with E-state index in [4.69, 9.17) is 10.1 Å². The van der Waals surface area contributed by atoms with E-state index in [1.165, 1.54) is 0 Å². The van der Waals surface area contributed by atoms with Crippen molar-refractivity contribution in [3.8, 4) is 0 Å². The molecule has 0 aromatic carbocycles. The van der Waals surface area contributed by atoms with E-state index in [0.717, 1.165) is 0 Å². The van der Waals surface area contributed by atoms with E-state index in [9.17, 15) is 0 Å². The third-order valence-electron chi connectivity index (χ3n) is 0. The Hall–Kier alpha value is 2.09. The van der Waals surface area contributed by atoms with Gasteiger partial charge in [0, 0.05) is 5.34 Å². The summed E-state index contributed by atoms with van der Waals surface area (Å²) < 4.78 is 0. The van der Waals surface area contributed by atoms with Gasteiger partial charge in [-0.25, -0.2) is 0 Å². The molecule has 0 heterocycles. The smallest absolute Gasteiger partial charge is 0.316 e. The fraction of sp³-hybridized carbons (Fsp3) is 0. The molecule has 0 saturated carbocycles. The summed E-state index contributed by atoms with van der Waals surface area (Å²) in [7, 11) is 0. The maximum atomic E-state index is 8.12. The Balaban J connectivity index is -0.00000000667. The number of hydrogen-bond acceptors (Lipinski definition) is 2. The molecule has 0 fully saturated rings. The Morgan fingerprint density at radius 3 is 1.50 bits per heavy atom. The largest absolute Gasteiger partial charge is 0.316 e. The van der Waals surface area contributed by atoms with Crippen molar-refractivity contribution >= 4 is 86.8 Å². The van der Waals surface area contributed by atoms with Crippen LogP contribution in [0.1, 0.15) is 0 Å². The molecule has 0 radical (unpaired) electrons. The van der Waals surface area contributed by atoms with Crippen molar-refractivity contribution in [1.82, 2.24) is 0 Å². The first kappa shape index (κ1) is 24.3. The molecule has 6 heteroatoms. The SMILES string of the molecule is Cl.O=[NH+][O-].[KH].[MgH2]. The minimum atomic E-state index is 0. The van der Waals surface area contributed by atoms with Crippen LogP contribution in [0, 0.1) is 10.1 Å². The third kappa shape index (κ3) is 36.1. The van der Waals surface area contributed by atoms with E-state index >= 15 is 0 Å². The van der Waals surface area contributed by atoms with Gasteiger partial charge in [-0.2, -0.15) is 0 Å². The van der Waals surface area contributed by atoms with Crippen molar-refractivity contribution < 1.29 is 5.34 Å². The molecular weight excluding hydrogens is 145 g/mol. The Morgan fingerprint density at radius 2 is 1.50 bits per heavy atom. The summed E-state index contributed by atoms with van der Waals surface area (Å²) in [5.41, 5.74) is 0. The van der Waals surface area contributed by atoms with Crippen molar-refractivity contribution in [2.24, 2.45) is 0 Å². The second-order valence-electron chi connectivity index (χ2n) is 0.0833. The van der Waals surface area contributed by atoms with Crippen LogP contribution in [0.3, 0.4) is 0 Å². The zero-order valence-electron chi connectivity index (χ0n) is 1.72. The topological polar surface area (TPSA) is 54.1 Å². The zero-order chi connectivity index (χ0) is 2.71. The van der Waals surface area contributed by atoms with Gasteiger partial charge in [-0.3, -0.25) is 10.1 Å². The second kappa shape index (κ2) is 27.5. The summed E-state index contributed by atoms with van der Waals surface area (Å²) >= 11 is 0. The minimum absolute atomic E-state index is 0. The van der Waals surface area contributed by atoms with Gasteiger partial charge >= 0.3 is 74.4 Å². The van der Waals surface area contributed by atoms with Crippen molar-refractivity contribution in [1.29, 1.82) is 0 Å². The molecule has 0 bridgehead atoms. The fourth-order valence-electron chi connectivity index (χ4n) is 0. The standard InChI is InChI=1S/ClH.K.Mg.HNO2.3H/c;;;2-1-3;;;/h1H;;;1H;;;. The molecule has 3 nitrogen and oxygen atoms in total. The van der Waals surface area contributed by atoms with E-state index in [1.807, 2.05) is 0 Å². The summed E-state index contributed by atoms with van der Waals surface area (Å²) in [6, 6.07) is 0. The van der Waals surface area contributed by atoms with Crippen LogP contribution < -0.4 is 5.34 Å². The summed E-state index contributed by atoms with van der Waals surface area (Å²) in [5.74, 6) is 0. The Bertz CT molecular complexity index is 21.0. The van der Waals surface area contributed by atoms with Gasteiger partial charge in [0.15, 0.2) is 0 Å². The van der Waals surface area contributed by atoms with Crippen LogP contribution in [0.2, 0.25) is 0 Å². The quantitative estimate of drug-likeness (QED) is 0.230. The molecule has 32 valence electrons. The predicted octanol–water partition coefficient (Wildman–Crippen LogP) is -2.81. The van der Waals surface area contributed by atoms with E-state index in [2.05, 4.69) is 0 Å². The molecule has 1 N–H and O–H groups in total. The van der Waals surface area contributed by atoms with Gasteiger partial charge in [0.25, 0.3) is 0 Å². The number of halogens is 1. The molecule has 0 aliphatic carbocycles. The van der Waals surface area contributed by atoms with Crippen molar-refractivity contribution in [2.45, 2.75) is 0 Å². The van der Waals surface area contributed by atoms with Gasteiger partial charge in [-0.15, -0.1) is 12.4 Å². The molecule has 0 rings (SSSR count). The normalized spacial score (nSPS) is 2.00. The summed E-state index contributed by atoms with van der Waals surface area (Å²) in [5, 5.41) is 8.38. The monoisotopic (exact) mass is 149 g/mol. The van der Waals surface area contributed by atoms with Crippen molar-refractivity contribution in [2.75, 3.05) is 0 Å². The zero-order valence-corrected chi connectivity index (χ0v) is 2.54. The van der Waals surface area contributed by atoms with Gasteiger partial charge < -0.3 is 0 Å². The first-order chi connectivity index (χ1) is 1.41. The molecule has 0 spiro atoms. The summed E-state index contributed by atoms with van der Waals surface area (Å²) in [6.45, 7) is 0. The van der Waals surface area contributed by atoms with Crippen LogP contribution in [0.15, 0.2) is 0 Å². The maximum absolute atomic E-state index is 8.12. The van der Waals surface area contributed by atoms with Gasteiger partial charge in [0.2, 0.25) is 0 Å². The van der Waals surface area contributed by atoms with Crippen LogP contribution in [0.4, 0.5) is 0 Å². The van der Waals surface area contributed by atoms with E-state index in [0.29, 0.717) is 0 Å². The fourth-order valence-corrected chi connectivity index (χ4v) is 0. The molecule has 0 aliphatic rings. The van der Waals surface area contributed by atoms with Crippen molar-refractivity contribution in [3.05, 3.63) is 10.1 Å². The van der Waals surface area contributed by atoms with Crippen LogP contribution in [-0.2, 0) is 0 Å². The Kier molecular flexibility index (Phi) is 112. The molecule has 0 atom stereocenters. The molecule has 0 aromatic rings. The van der Waals surface area contributed by atoms with E-state index < -0.39 is 0 Å². The third-order valence-corrected chi connectivity index (χ3v) is 0. The maximum Gasteiger partial charge on any atom is 0.316 e. The summed E-state index contributed by atoms with van der Waals surface area (Å²) in [6.07, 6.45) is 0. The first-order valence-electron chi connectivity index (χ1n) is 0.408. The van der Waals surface area contributed by atoms with Gasteiger partial charge in [-0.05, 0) is 0 Å². The molecule has 6 heavy (non-hydrogen) atoms. The van der Waals surface area contributed by atoms with Crippen LogP contribution in [-0.4, -0.2) is 74.4 Å².